The lowest BCUT2D eigenvalue weighted by molar-refractivity contribution is -0.194. The number of ketones is 1. The fourth-order valence-corrected chi connectivity index (χ4v) is 1.76. The molecule has 1 aliphatic rings. The van der Waals surface area contributed by atoms with Crippen LogP contribution in [0.15, 0.2) is 24.3 Å². The molecule has 0 N–H and O–H groups in total. The zero-order valence-corrected chi connectivity index (χ0v) is 10.3. The van der Waals surface area contributed by atoms with E-state index in [0.29, 0.717) is 5.06 Å². The second-order valence-electron chi connectivity index (χ2n) is 4.20. The zero-order chi connectivity index (χ0) is 14.0. The minimum atomic E-state index is -1.03. The number of hydrogen-bond acceptors (Lipinski definition) is 4. The average Bonchev–Trinajstić information content (AvgIpc) is 2.69. The van der Waals surface area contributed by atoms with Crippen molar-refractivity contribution in [2.24, 2.45) is 0 Å². The third-order valence-electron chi connectivity index (χ3n) is 2.75. The average molecular weight is 265 g/mol. The van der Waals surface area contributed by atoms with E-state index in [9.17, 15) is 18.8 Å². The molecule has 1 fully saturated rings. The molecule has 6 heteroatoms. The van der Waals surface area contributed by atoms with E-state index in [1.807, 2.05) is 0 Å². The van der Waals surface area contributed by atoms with E-state index < -0.39 is 29.5 Å². The standard InChI is InChI=1S/C13H12FNO4/c1-8(19-15-11(16)5-6-12(15)17)13(18)9-3-2-4-10(14)7-9/h2-4,7-8H,5-6H2,1H3. The molecule has 19 heavy (non-hydrogen) atoms. The van der Waals surface area contributed by atoms with Crippen molar-refractivity contribution in [3.63, 3.8) is 0 Å². The van der Waals surface area contributed by atoms with Crippen LogP contribution in [0.2, 0.25) is 0 Å². The lowest BCUT2D eigenvalue weighted by Crippen LogP contribution is -2.36. The number of halogens is 1. The molecule has 0 bridgehead atoms. The van der Waals surface area contributed by atoms with Crippen LogP contribution in [0.3, 0.4) is 0 Å². The SMILES string of the molecule is CC(ON1C(=O)CCC1=O)C(=O)c1cccc(F)c1. The number of hydroxylamine groups is 2. The van der Waals surface area contributed by atoms with Crippen molar-refractivity contribution in [1.29, 1.82) is 0 Å². The molecule has 1 saturated heterocycles. The third-order valence-corrected chi connectivity index (χ3v) is 2.75. The highest BCUT2D eigenvalue weighted by atomic mass is 19.1. The smallest absolute Gasteiger partial charge is 0.254 e. The highest BCUT2D eigenvalue weighted by Crippen LogP contribution is 2.16. The molecule has 0 radical (unpaired) electrons. The van der Waals surface area contributed by atoms with E-state index >= 15 is 0 Å². The Hall–Kier alpha value is -2.08. The van der Waals surface area contributed by atoms with Crippen LogP contribution in [0.25, 0.3) is 0 Å². The van der Waals surface area contributed by atoms with Gasteiger partial charge in [0, 0.05) is 18.4 Å². The molecule has 1 aliphatic heterocycles. The third kappa shape index (κ3) is 2.85. The Bertz CT molecular complexity index is 527. The van der Waals surface area contributed by atoms with Crippen LogP contribution >= 0.6 is 0 Å². The summed E-state index contributed by atoms with van der Waals surface area (Å²) in [5.41, 5.74) is 0.131. The van der Waals surface area contributed by atoms with E-state index in [0.717, 1.165) is 6.07 Å². The normalized spacial score (nSPS) is 16.8. The minimum Gasteiger partial charge on any atom is -0.291 e. The van der Waals surface area contributed by atoms with Crippen molar-refractivity contribution >= 4 is 17.6 Å². The number of amides is 2. The molecule has 0 spiro atoms. The van der Waals surface area contributed by atoms with Crippen molar-refractivity contribution in [2.45, 2.75) is 25.9 Å². The van der Waals surface area contributed by atoms with Gasteiger partial charge in [0.2, 0.25) is 0 Å². The number of Topliss-reactive ketones (excluding diaryl/α,β-unsaturated/α-hetero) is 1. The molecular formula is C13H12FNO4. The van der Waals surface area contributed by atoms with Crippen LogP contribution in [0.4, 0.5) is 4.39 Å². The molecule has 1 atom stereocenters. The number of benzene rings is 1. The van der Waals surface area contributed by atoms with Crippen LogP contribution in [0.1, 0.15) is 30.1 Å². The second-order valence-corrected chi connectivity index (χ2v) is 4.20. The van der Waals surface area contributed by atoms with Gasteiger partial charge in [-0.2, -0.15) is 5.06 Å². The van der Waals surface area contributed by atoms with Gasteiger partial charge in [-0.05, 0) is 19.1 Å². The topological polar surface area (TPSA) is 63.7 Å². The molecule has 0 saturated carbocycles. The quantitative estimate of drug-likeness (QED) is 0.611. The molecule has 1 aromatic carbocycles. The van der Waals surface area contributed by atoms with Gasteiger partial charge in [-0.3, -0.25) is 19.2 Å². The van der Waals surface area contributed by atoms with E-state index in [2.05, 4.69) is 0 Å². The summed E-state index contributed by atoms with van der Waals surface area (Å²) in [5, 5.41) is 0.613. The van der Waals surface area contributed by atoms with Crippen LogP contribution in [0.5, 0.6) is 0 Å². The molecule has 1 aromatic rings. The van der Waals surface area contributed by atoms with Gasteiger partial charge < -0.3 is 0 Å². The van der Waals surface area contributed by atoms with Crippen molar-refractivity contribution in [3.8, 4) is 0 Å². The number of hydrogen-bond donors (Lipinski definition) is 0. The summed E-state index contributed by atoms with van der Waals surface area (Å²) in [7, 11) is 0. The molecule has 100 valence electrons. The molecule has 1 heterocycles. The highest BCUT2D eigenvalue weighted by Gasteiger charge is 2.33. The number of rotatable bonds is 4. The fraction of sp³-hybridized carbons (Fsp3) is 0.308. The summed E-state index contributed by atoms with van der Waals surface area (Å²) < 4.78 is 13.0. The molecule has 0 aromatic heterocycles. The van der Waals surface area contributed by atoms with E-state index in [4.69, 9.17) is 4.84 Å². The summed E-state index contributed by atoms with van der Waals surface area (Å²) in [6.07, 6.45) is -0.868. The predicted molar refractivity (Wildman–Crippen MR) is 62.4 cm³/mol. The van der Waals surface area contributed by atoms with Crippen molar-refractivity contribution < 1.29 is 23.6 Å². The first kappa shape index (κ1) is 13.4. The zero-order valence-electron chi connectivity index (χ0n) is 10.3. The Morgan fingerprint density at radius 2 is 1.95 bits per heavy atom. The van der Waals surface area contributed by atoms with Gasteiger partial charge in [0.1, 0.15) is 11.9 Å². The number of imide groups is 1. The molecule has 2 amide bonds. The van der Waals surface area contributed by atoms with Gasteiger partial charge >= 0.3 is 0 Å². The lowest BCUT2D eigenvalue weighted by Gasteiger charge is -2.18. The molecular weight excluding hydrogens is 253 g/mol. The van der Waals surface area contributed by atoms with E-state index in [-0.39, 0.29) is 18.4 Å². The Balaban J connectivity index is 2.07. The van der Waals surface area contributed by atoms with Crippen molar-refractivity contribution in [1.82, 2.24) is 5.06 Å². The van der Waals surface area contributed by atoms with Gasteiger partial charge in [0.15, 0.2) is 5.78 Å². The van der Waals surface area contributed by atoms with Gasteiger partial charge in [0.05, 0.1) is 0 Å². The largest absolute Gasteiger partial charge is 0.291 e. The van der Waals surface area contributed by atoms with Gasteiger partial charge in [-0.15, -0.1) is 0 Å². The lowest BCUT2D eigenvalue weighted by atomic mass is 10.1. The van der Waals surface area contributed by atoms with Crippen molar-refractivity contribution in [2.75, 3.05) is 0 Å². The minimum absolute atomic E-state index is 0.0830. The summed E-state index contributed by atoms with van der Waals surface area (Å²) in [5.74, 6) is -1.97. The summed E-state index contributed by atoms with van der Waals surface area (Å²) in [6.45, 7) is 1.41. The van der Waals surface area contributed by atoms with E-state index in [1.165, 1.54) is 25.1 Å². The maximum atomic E-state index is 13.0. The van der Waals surface area contributed by atoms with Gasteiger partial charge in [-0.25, -0.2) is 4.39 Å². The first-order valence-electron chi connectivity index (χ1n) is 5.81. The molecule has 5 nitrogen and oxygen atoms in total. The first-order chi connectivity index (χ1) is 8.99. The van der Waals surface area contributed by atoms with Crippen LogP contribution < -0.4 is 0 Å². The Kier molecular flexibility index (Phi) is 3.71. The fourth-order valence-electron chi connectivity index (χ4n) is 1.76. The molecule has 2 rings (SSSR count). The van der Waals surface area contributed by atoms with E-state index in [1.54, 1.807) is 0 Å². The summed E-state index contributed by atoms with van der Waals surface area (Å²) in [6, 6.07) is 5.14. The number of nitrogens with zero attached hydrogens (tertiary/aromatic N) is 1. The Morgan fingerprint density at radius 3 is 2.53 bits per heavy atom. The monoisotopic (exact) mass is 265 g/mol. The van der Waals surface area contributed by atoms with Crippen LogP contribution in [-0.4, -0.2) is 28.8 Å². The molecule has 0 aliphatic carbocycles. The van der Waals surface area contributed by atoms with Gasteiger partial charge in [-0.1, -0.05) is 12.1 Å². The maximum absolute atomic E-state index is 13.0. The number of carbonyl (C=O) groups excluding carboxylic acids is 3. The maximum Gasteiger partial charge on any atom is 0.254 e. The summed E-state index contributed by atoms with van der Waals surface area (Å²) in [4.78, 5) is 39.7. The van der Waals surface area contributed by atoms with Crippen LogP contribution in [0, 0.1) is 5.82 Å². The second kappa shape index (κ2) is 5.27. The van der Waals surface area contributed by atoms with Crippen LogP contribution in [-0.2, 0) is 14.4 Å². The Morgan fingerprint density at radius 1 is 1.32 bits per heavy atom. The Labute approximate surface area is 108 Å². The predicted octanol–water partition coefficient (Wildman–Crippen LogP) is 1.48. The van der Waals surface area contributed by atoms with Gasteiger partial charge in [0.25, 0.3) is 11.8 Å². The van der Waals surface area contributed by atoms with Crippen molar-refractivity contribution in [3.05, 3.63) is 35.6 Å². The first-order valence-corrected chi connectivity index (χ1v) is 5.81. The highest BCUT2D eigenvalue weighted by molar-refractivity contribution is 6.02. The summed E-state index contributed by atoms with van der Waals surface area (Å²) >= 11 is 0. The molecule has 1 unspecified atom stereocenters. The number of carbonyl (C=O) groups is 3.